The minimum Gasteiger partial charge on any atom is -0.437 e. The molecular formula is C25H28ClN5O6S. The van der Waals surface area contributed by atoms with Gasteiger partial charge in [0.1, 0.15) is 10.6 Å². The highest BCUT2D eigenvalue weighted by Gasteiger charge is 2.30. The number of sulfonamides is 1. The summed E-state index contributed by atoms with van der Waals surface area (Å²) in [6, 6.07) is 9.64. The number of nitrogens with zero attached hydrogens (tertiary/aromatic N) is 4. The van der Waals surface area contributed by atoms with Crippen LogP contribution in [-0.2, 0) is 10.0 Å². The minimum atomic E-state index is -4.20. The van der Waals surface area contributed by atoms with Gasteiger partial charge in [-0.3, -0.25) is 14.9 Å². The number of halogens is 1. The number of hydrogen-bond donors (Lipinski definition) is 1. The second kappa shape index (κ2) is 11.1. The Morgan fingerprint density at radius 1 is 1.24 bits per heavy atom. The van der Waals surface area contributed by atoms with Crippen molar-refractivity contribution < 1.29 is 22.9 Å². The summed E-state index contributed by atoms with van der Waals surface area (Å²) in [5, 5.41) is 16.4. The van der Waals surface area contributed by atoms with Crippen LogP contribution < -0.4 is 9.46 Å². The van der Waals surface area contributed by atoms with Gasteiger partial charge in [-0.15, -0.1) is 0 Å². The molecule has 202 valence electrons. The van der Waals surface area contributed by atoms with Crippen LogP contribution >= 0.6 is 11.6 Å². The van der Waals surface area contributed by atoms with Crippen LogP contribution in [0.15, 0.2) is 47.4 Å². The molecule has 13 heteroatoms. The Morgan fingerprint density at radius 3 is 2.58 bits per heavy atom. The van der Waals surface area contributed by atoms with E-state index >= 15 is 0 Å². The fourth-order valence-corrected chi connectivity index (χ4v) is 5.74. The maximum absolute atomic E-state index is 13.3. The van der Waals surface area contributed by atoms with E-state index in [1.165, 1.54) is 10.7 Å². The maximum atomic E-state index is 13.3. The normalized spacial score (nSPS) is 14.5. The van der Waals surface area contributed by atoms with Gasteiger partial charge in [-0.05, 0) is 57.4 Å². The number of nitrogens with one attached hydrogen (secondary N) is 1. The molecule has 38 heavy (non-hydrogen) atoms. The van der Waals surface area contributed by atoms with E-state index in [2.05, 4.69) is 9.82 Å². The summed E-state index contributed by atoms with van der Waals surface area (Å²) < 4.78 is 36.5. The standard InChI is InChI=1S/C25H28ClN5O6S/c1-4-16(2)28-38(35,36)22-15-20(31(33)34)10-11-21(22)37-25-17(3)23(24(32)29-12-5-6-13-29)27-30(25)19-9-7-8-18(26)14-19/h7-11,14-16,28H,4-6,12-13H2,1-3H3/t16-/m0/s1. The average molecular weight is 562 g/mol. The molecule has 1 saturated heterocycles. The van der Waals surface area contributed by atoms with Gasteiger partial charge in [0.25, 0.3) is 11.6 Å². The average Bonchev–Trinajstić information content (AvgIpc) is 3.52. The molecule has 0 saturated carbocycles. The second-order valence-corrected chi connectivity index (χ2v) is 11.2. The van der Waals surface area contributed by atoms with Gasteiger partial charge in [0.05, 0.1) is 10.6 Å². The van der Waals surface area contributed by atoms with E-state index in [9.17, 15) is 23.3 Å². The van der Waals surface area contributed by atoms with E-state index < -0.39 is 31.6 Å². The highest BCUT2D eigenvalue weighted by Crippen LogP contribution is 2.36. The molecular weight excluding hydrogens is 534 g/mol. The van der Waals surface area contributed by atoms with Crippen LogP contribution in [0.3, 0.4) is 0 Å². The largest absolute Gasteiger partial charge is 0.437 e. The van der Waals surface area contributed by atoms with Crippen molar-refractivity contribution in [2.75, 3.05) is 13.1 Å². The lowest BCUT2D eigenvalue weighted by Gasteiger charge is -2.16. The molecule has 1 fully saturated rings. The van der Waals surface area contributed by atoms with Crippen molar-refractivity contribution in [1.29, 1.82) is 0 Å². The number of nitro groups is 1. The topological polar surface area (TPSA) is 137 Å². The van der Waals surface area contributed by atoms with Crippen molar-refractivity contribution in [2.45, 2.75) is 51.0 Å². The maximum Gasteiger partial charge on any atom is 0.274 e. The van der Waals surface area contributed by atoms with Crippen LogP contribution in [0.25, 0.3) is 5.69 Å². The summed E-state index contributed by atoms with van der Waals surface area (Å²) in [7, 11) is -4.20. The van der Waals surface area contributed by atoms with E-state index in [1.54, 1.807) is 43.0 Å². The van der Waals surface area contributed by atoms with Crippen molar-refractivity contribution in [2.24, 2.45) is 0 Å². The number of amides is 1. The molecule has 1 N–H and O–H groups in total. The van der Waals surface area contributed by atoms with Gasteiger partial charge in [-0.2, -0.15) is 9.78 Å². The van der Waals surface area contributed by atoms with E-state index in [-0.39, 0.29) is 23.2 Å². The number of nitro benzene ring substituents is 1. The first-order valence-corrected chi connectivity index (χ1v) is 14.0. The van der Waals surface area contributed by atoms with Gasteiger partial charge >= 0.3 is 0 Å². The summed E-state index contributed by atoms with van der Waals surface area (Å²) in [6.07, 6.45) is 2.31. The summed E-state index contributed by atoms with van der Waals surface area (Å²) in [5.74, 6) is -0.331. The number of likely N-dealkylation sites (tertiary alicyclic amines) is 1. The van der Waals surface area contributed by atoms with Crippen molar-refractivity contribution in [3.63, 3.8) is 0 Å². The zero-order chi connectivity index (χ0) is 27.6. The zero-order valence-electron chi connectivity index (χ0n) is 21.2. The van der Waals surface area contributed by atoms with Gasteiger partial charge in [0.15, 0.2) is 5.69 Å². The molecule has 3 aromatic rings. The second-order valence-electron chi connectivity index (χ2n) is 9.09. The van der Waals surface area contributed by atoms with Crippen molar-refractivity contribution in [3.05, 3.63) is 68.9 Å². The van der Waals surface area contributed by atoms with Gasteiger partial charge in [0, 0.05) is 41.9 Å². The SMILES string of the molecule is CC[C@H](C)NS(=O)(=O)c1cc([N+](=O)[O-])ccc1Oc1c(C)c(C(=O)N2CCCC2)nn1-c1cccc(Cl)c1. The molecule has 0 unspecified atom stereocenters. The Labute approximate surface area is 225 Å². The molecule has 0 aliphatic carbocycles. The van der Waals surface area contributed by atoms with E-state index in [1.807, 2.05) is 6.92 Å². The molecule has 1 atom stereocenters. The van der Waals surface area contributed by atoms with Crippen LogP contribution in [0.5, 0.6) is 11.6 Å². The molecule has 2 heterocycles. The first kappa shape index (κ1) is 27.6. The lowest BCUT2D eigenvalue weighted by molar-refractivity contribution is -0.385. The summed E-state index contributed by atoms with van der Waals surface area (Å²) in [4.78, 5) is 25.3. The van der Waals surface area contributed by atoms with E-state index in [0.29, 0.717) is 35.8 Å². The molecule has 4 rings (SSSR count). The molecule has 1 aliphatic heterocycles. The summed E-state index contributed by atoms with van der Waals surface area (Å²) in [5.41, 5.74) is 0.622. The lowest BCUT2D eigenvalue weighted by atomic mass is 10.2. The Morgan fingerprint density at radius 2 is 1.95 bits per heavy atom. The van der Waals surface area contributed by atoms with Crippen LogP contribution in [0.1, 0.15) is 49.2 Å². The van der Waals surface area contributed by atoms with Crippen LogP contribution in [0.4, 0.5) is 5.69 Å². The Bertz CT molecular complexity index is 1480. The van der Waals surface area contributed by atoms with E-state index in [4.69, 9.17) is 16.3 Å². The fraction of sp³-hybridized carbons (Fsp3) is 0.360. The number of rotatable bonds is 9. The quantitative estimate of drug-likeness (QED) is 0.291. The monoisotopic (exact) mass is 561 g/mol. The number of benzene rings is 2. The highest BCUT2D eigenvalue weighted by atomic mass is 35.5. The third kappa shape index (κ3) is 5.66. The zero-order valence-corrected chi connectivity index (χ0v) is 22.8. The van der Waals surface area contributed by atoms with Crippen molar-refractivity contribution >= 4 is 33.2 Å². The predicted octanol–water partition coefficient (Wildman–Crippen LogP) is 4.85. The molecule has 1 aliphatic rings. The Hall–Kier alpha value is -3.48. The minimum absolute atomic E-state index is 0.0867. The predicted molar refractivity (Wildman–Crippen MR) is 142 cm³/mol. The van der Waals surface area contributed by atoms with Crippen LogP contribution in [0, 0.1) is 17.0 Å². The lowest BCUT2D eigenvalue weighted by Crippen LogP contribution is -2.32. The molecule has 0 radical (unpaired) electrons. The van der Waals surface area contributed by atoms with Gasteiger partial charge in [-0.1, -0.05) is 24.6 Å². The van der Waals surface area contributed by atoms with Gasteiger partial charge in [-0.25, -0.2) is 13.1 Å². The number of carbonyl (C=O) groups is 1. The smallest absolute Gasteiger partial charge is 0.274 e. The van der Waals surface area contributed by atoms with Crippen molar-refractivity contribution in [3.8, 4) is 17.3 Å². The first-order chi connectivity index (χ1) is 18.0. The summed E-state index contributed by atoms with van der Waals surface area (Å²) >= 11 is 6.21. The highest BCUT2D eigenvalue weighted by molar-refractivity contribution is 7.89. The van der Waals surface area contributed by atoms with Gasteiger partial charge < -0.3 is 9.64 Å². The number of carbonyl (C=O) groups excluding carboxylic acids is 1. The number of hydrogen-bond acceptors (Lipinski definition) is 7. The molecule has 2 aromatic carbocycles. The van der Waals surface area contributed by atoms with Crippen LogP contribution in [-0.4, -0.2) is 53.1 Å². The van der Waals surface area contributed by atoms with E-state index in [0.717, 1.165) is 25.0 Å². The number of non-ortho nitro benzene ring substituents is 1. The Balaban J connectivity index is 1.87. The molecule has 11 nitrogen and oxygen atoms in total. The molecule has 0 bridgehead atoms. The number of aromatic nitrogens is 2. The molecule has 1 aromatic heterocycles. The van der Waals surface area contributed by atoms with Crippen LogP contribution in [0.2, 0.25) is 5.02 Å². The van der Waals surface area contributed by atoms with Crippen molar-refractivity contribution in [1.82, 2.24) is 19.4 Å². The molecule has 0 spiro atoms. The third-order valence-electron chi connectivity index (χ3n) is 6.32. The Kier molecular flexibility index (Phi) is 8.05. The fourth-order valence-electron chi connectivity index (χ4n) is 4.08. The first-order valence-electron chi connectivity index (χ1n) is 12.1. The number of ether oxygens (including phenoxy) is 1. The summed E-state index contributed by atoms with van der Waals surface area (Å²) in [6.45, 7) is 6.38. The van der Waals surface area contributed by atoms with Gasteiger partial charge in [0.2, 0.25) is 15.9 Å². The molecule has 1 amide bonds. The third-order valence-corrected chi connectivity index (χ3v) is 8.17.